The molecule has 18 heavy (non-hydrogen) atoms. The summed E-state index contributed by atoms with van der Waals surface area (Å²) in [5.74, 6) is 0.0900. The van der Waals surface area contributed by atoms with E-state index in [2.05, 4.69) is 0 Å². The van der Waals surface area contributed by atoms with E-state index in [9.17, 15) is 9.18 Å². The van der Waals surface area contributed by atoms with E-state index in [1.54, 1.807) is 25.2 Å². The Kier molecular flexibility index (Phi) is 6.15. The number of halogens is 1. The molecule has 3 nitrogen and oxygen atoms in total. The minimum absolute atomic E-state index is 0.0106. The zero-order valence-corrected chi connectivity index (χ0v) is 11.5. The Morgan fingerprint density at radius 3 is 2.78 bits per heavy atom. The van der Waals surface area contributed by atoms with Crippen LogP contribution in [0.25, 0.3) is 0 Å². The van der Waals surface area contributed by atoms with Gasteiger partial charge >= 0.3 is 0 Å². The molecule has 1 amide bonds. The van der Waals surface area contributed by atoms with E-state index >= 15 is 0 Å². The monoisotopic (exact) mass is 270 g/mol. The van der Waals surface area contributed by atoms with Crippen LogP contribution in [0.3, 0.4) is 0 Å². The molecular formula is C13H19FN2OS. The maximum absolute atomic E-state index is 13.4. The van der Waals surface area contributed by atoms with Crippen LogP contribution in [0.4, 0.5) is 4.39 Å². The maximum Gasteiger partial charge on any atom is 0.232 e. The van der Waals surface area contributed by atoms with Crippen LogP contribution in [0.1, 0.15) is 12.5 Å². The van der Waals surface area contributed by atoms with Crippen molar-refractivity contribution in [2.45, 2.75) is 18.7 Å². The molecule has 100 valence electrons. The molecule has 1 aromatic carbocycles. The van der Waals surface area contributed by atoms with Gasteiger partial charge in [0.25, 0.3) is 0 Å². The van der Waals surface area contributed by atoms with Crippen LogP contribution in [0.2, 0.25) is 0 Å². The van der Waals surface area contributed by atoms with Gasteiger partial charge in [0.05, 0.1) is 5.75 Å². The lowest BCUT2D eigenvalue weighted by molar-refractivity contribution is -0.127. The molecule has 5 heteroatoms. The van der Waals surface area contributed by atoms with E-state index in [4.69, 9.17) is 5.73 Å². The van der Waals surface area contributed by atoms with Crippen molar-refractivity contribution in [2.75, 3.05) is 19.3 Å². The SMILES string of the molecule is CC(CN)SCC(=O)N(C)Cc1ccccc1F. The van der Waals surface area contributed by atoms with Crippen molar-refractivity contribution in [1.82, 2.24) is 4.90 Å². The molecule has 0 aromatic heterocycles. The Morgan fingerprint density at radius 1 is 1.50 bits per heavy atom. The van der Waals surface area contributed by atoms with Gasteiger partial charge in [-0.05, 0) is 6.07 Å². The first-order chi connectivity index (χ1) is 8.54. The summed E-state index contributed by atoms with van der Waals surface area (Å²) in [6, 6.07) is 6.50. The quantitative estimate of drug-likeness (QED) is 0.858. The molecule has 0 aliphatic heterocycles. The largest absolute Gasteiger partial charge is 0.341 e. The van der Waals surface area contributed by atoms with E-state index in [0.29, 0.717) is 24.4 Å². The number of benzene rings is 1. The van der Waals surface area contributed by atoms with Crippen molar-refractivity contribution in [2.24, 2.45) is 5.73 Å². The molecule has 1 unspecified atom stereocenters. The summed E-state index contributed by atoms with van der Waals surface area (Å²) in [7, 11) is 1.68. The second-order valence-corrected chi connectivity index (χ2v) is 5.63. The molecule has 0 spiro atoms. The summed E-state index contributed by atoms with van der Waals surface area (Å²) in [5.41, 5.74) is 6.02. The minimum Gasteiger partial charge on any atom is -0.341 e. The maximum atomic E-state index is 13.4. The van der Waals surface area contributed by atoms with E-state index in [-0.39, 0.29) is 17.0 Å². The summed E-state index contributed by atoms with van der Waals surface area (Å²) < 4.78 is 13.4. The average molecular weight is 270 g/mol. The summed E-state index contributed by atoms with van der Waals surface area (Å²) in [6.45, 7) is 2.83. The van der Waals surface area contributed by atoms with Crippen LogP contribution in [-0.2, 0) is 11.3 Å². The topological polar surface area (TPSA) is 46.3 Å². The van der Waals surface area contributed by atoms with Gasteiger partial charge in [-0.25, -0.2) is 4.39 Å². The van der Waals surface area contributed by atoms with Crippen molar-refractivity contribution in [1.29, 1.82) is 0 Å². The smallest absolute Gasteiger partial charge is 0.232 e. The summed E-state index contributed by atoms with van der Waals surface area (Å²) in [6.07, 6.45) is 0. The molecule has 0 saturated carbocycles. The molecule has 0 aliphatic rings. The van der Waals surface area contributed by atoms with Crippen LogP contribution < -0.4 is 5.73 Å². The summed E-state index contributed by atoms with van der Waals surface area (Å²) in [4.78, 5) is 13.4. The van der Waals surface area contributed by atoms with Crippen molar-refractivity contribution in [3.63, 3.8) is 0 Å². The highest BCUT2D eigenvalue weighted by Gasteiger charge is 2.12. The fraction of sp³-hybridized carbons (Fsp3) is 0.462. The first-order valence-electron chi connectivity index (χ1n) is 5.83. The van der Waals surface area contributed by atoms with Gasteiger partial charge in [0, 0.05) is 31.0 Å². The normalized spacial score (nSPS) is 12.2. The van der Waals surface area contributed by atoms with Crippen molar-refractivity contribution >= 4 is 17.7 Å². The predicted molar refractivity (Wildman–Crippen MR) is 73.8 cm³/mol. The number of hydrogen-bond acceptors (Lipinski definition) is 3. The van der Waals surface area contributed by atoms with Gasteiger partial charge in [-0.2, -0.15) is 0 Å². The number of carbonyl (C=O) groups excluding carboxylic acids is 1. The lowest BCUT2D eigenvalue weighted by Gasteiger charge is -2.18. The Balaban J connectivity index is 2.47. The van der Waals surface area contributed by atoms with Crippen LogP contribution in [0.15, 0.2) is 24.3 Å². The van der Waals surface area contributed by atoms with Gasteiger partial charge < -0.3 is 10.6 Å². The van der Waals surface area contributed by atoms with E-state index in [1.165, 1.54) is 22.7 Å². The number of rotatable bonds is 6. The second-order valence-electron chi connectivity index (χ2n) is 4.20. The molecule has 0 heterocycles. The number of nitrogens with two attached hydrogens (primary N) is 1. The fourth-order valence-electron chi connectivity index (χ4n) is 1.36. The molecule has 1 aromatic rings. The first-order valence-corrected chi connectivity index (χ1v) is 6.88. The fourth-order valence-corrected chi connectivity index (χ4v) is 2.15. The number of amides is 1. The molecule has 0 saturated heterocycles. The highest BCUT2D eigenvalue weighted by atomic mass is 32.2. The van der Waals surface area contributed by atoms with Crippen LogP contribution in [-0.4, -0.2) is 35.4 Å². The average Bonchev–Trinajstić information content (AvgIpc) is 2.38. The molecule has 0 bridgehead atoms. The molecule has 0 radical (unpaired) electrons. The Labute approximate surface area is 112 Å². The van der Waals surface area contributed by atoms with Gasteiger partial charge in [0.1, 0.15) is 5.82 Å². The Hall–Kier alpha value is -1.07. The Bertz CT molecular complexity index is 400. The van der Waals surface area contributed by atoms with Crippen molar-refractivity contribution < 1.29 is 9.18 Å². The van der Waals surface area contributed by atoms with Crippen LogP contribution in [0, 0.1) is 5.82 Å². The highest BCUT2D eigenvalue weighted by Crippen LogP contribution is 2.12. The second kappa shape index (κ2) is 7.38. The lowest BCUT2D eigenvalue weighted by atomic mass is 10.2. The third-order valence-electron chi connectivity index (χ3n) is 2.61. The van der Waals surface area contributed by atoms with Gasteiger partial charge in [-0.3, -0.25) is 4.79 Å². The zero-order chi connectivity index (χ0) is 13.5. The third-order valence-corrected chi connectivity index (χ3v) is 3.79. The predicted octanol–water partition coefficient (Wildman–Crippen LogP) is 1.86. The zero-order valence-electron chi connectivity index (χ0n) is 10.7. The third kappa shape index (κ3) is 4.66. The van der Waals surface area contributed by atoms with Crippen LogP contribution in [0.5, 0.6) is 0 Å². The number of carbonyl (C=O) groups is 1. The summed E-state index contributed by atoms with van der Waals surface area (Å²) in [5, 5.41) is 0.260. The van der Waals surface area contributed by atoms with Gasteiger partial charge in [0.15, 0.2) is 0 Å². The van der Waals surface area contributed by atoms with E-state index in [1.807, 2.05) is 6.92 Å². The summed E-state index contributed by atoms with van der Waals surface area (Å²) >= 11 is 1.52. The molecule has 0 aliphatic carbocycles. The van der Waals surface area contributed by atoms with Gasteiger partial charge in [-0.1, -0.05) is 25.1 Å². The number of nitrogens with zero attached hydrogens (tertiary/aromatic N) is 1. The first kappa shape index (κ1) is 15.0. The van der Waals surface area contributed by atoms with Gasteiger partial charge in [-0.15, -0.1) is 11.8 Å². The molecular weight excluding hydrogens is 251 g/mol. The van der Waals surface area contributed by atoms with E-state index < -0.39 is 0 Å². The molecule has 0 fully saturated rings. The van der Waals surface area contributed by atoms with Crippen molar-refractivity contribution in [3.8, 4) is 0 Å². The van der Waals surface area contributed by atoms with Crippen LogP contribution >= 0.6 is 11.8 Å². The van der Waals surface area contributed by atoms with Gasteiger partial charge in [0.2, 0.25) is 5.91 Å². The lowest BCUT2D eigenvalue weighted by Crippen LogP contribution is -2.29. The van der Waals surface area contributed by atoms with E-state index in [0.717, 1.165) is 0 Å². The number of hydrogen-bond donors (Lipinski definition) is 1. The standard InChI is InChI=1S/C13H19FN2OS/c1-10(7-15)18-9-13(17)16(2)8-11-5-3-4-6-12(11)14/h3-6,10H,7-9,15H2,1-2H3. The molecule has 1 atom stereocenters. The molecule has 1 rings (SSSR count). The highest BCUT2D eigenvalue weighted by molar-refractivity contribution is 8.00. The minimum atomic E-state index is -0.278. The molecule has 2 N–H and O–H groups in total. The number of thioether (sulfide) groups is 1. The van der Waals surface area contributed by atoms with Crippen molar-refractivity contribution in [3.05, 3.63) is 35.6 Å². The Morgan fingerprint density at radius 2 is 2.17 bits per heavy atom.